The number of hydrogen-bond acceptors (Lipinski definition) is 7. The Morgan fingerprint density at radius 1 is 1.11 bits per heavy atom. The second-order valence-corrected chi connectivity index (χ2v) is 8.45. The number of carbonyl (C=O) groups is 3. The summed E-state index contributed by atoms with van der Waals surface area (Å²) >= 11 is 0. The Kier molecular flexibility index (Phi) is 7.04. The number of carbonyl (C=O) groups excluding carboxylic acids is 3. The van der Waals surface area contributed by atoms with Gasteiger partial charge in [-0.2, -0.15) is 5.10 Å². The van der Waals surface area contributed by atoms with Gasteiger partial charge in [-0.1, -0.05) is 61.5 Å². The molecular formula is C27H22N3NaO5. The number of Topliss-reactive ketones (excluding diaryl/α,β-unsaturated/α-hetero) is 2. The van der Waals surface area contributed by atoms with Crippen LogP contribution in [0.3, 0.4) is 0 Å². The second-order valence-electron chi connectivity index (χ2n) is 8.45. The van der Waals surface area contributed by atoms with Crippen LogP contribution in [0.1, 0.15) is 39.8 Å². The second kappa shape index (κ2) is 9.89. The molecule has 5 rings (SSSR count). The van der Waals surface area contributed by atoms with Gasteiger partial charge in [0.2, 0.25) is 17.7 Å². The molecule has 1 unspecified atom stereocenters. The molecule has 0 amide bonds. The molecule has 2 aromatic heterocycles. The number of aliphatic carboxylic acids is 1. The molecule has 8 nitrogen and oxygen atoms in total. The standard InChI is InChI=1S/C27H23N3O5.Na/c1-3-17-19(13-16-11-7-8-12-18(16)15-9-5-4-6-10-15)30-22(21(17)28)25-20(14(2)29-30)23(31)24(32)26(35-25)27(33)34;/h4-12,26H,3,13,28H2,1-2H3,(H,33,34);/q;+1/p-1. The Bertz CT molecular complexity index is 1530. The van der Waals surface area contributed by atoms with Crippen LogP contribution < -0.4 is 45.1 Å². The third kappa shape index (κ3) is 4.01. The van der Waals surface area contributed by atoms with Crippen molar-refractivity contribution in [2.24, 2.45) is 0 Å². The average Bonchev–Trinajstić information content (AvgIpc) is 3.11. The van der Waals surface area contributed by atoms with Crippen LogP contribution in [0, 0.1) is 6.92 Å². The fraction of sp³-hybridized carbons (Fsp3) is 0.185. The average molecular weight is 491 g/mol. The third-order valence-corrected chi connectivity index (χ3v) is 6.40. The van der Waals surface area contributed by atoms with Crippen molar-refractivity contribution in [1.82, 2.24) is 9.61 Å². The van der Waals surface area contributed by atoms with Crippen LogP contribution in [0.2, 0.25) is 0 Å². The molecule has 2 aromatic carbocycles. The van der Waals surface area contributed by atoms with Crippen LogP contribution in [0.25, 0.3) is 16.6 Å². The fourth-order valence-electron chi connectivity index (χ4n) is 4.77. The fourth-order valence-corrected chi connectivity index (χ4v) is 4.77. The number of rotatable bonds is 5. The summed E-state index contributed by atoms with van der Waals surface area (Å²) in [4.78, 5) is 36.5. The number of aromatic nitrogens is 2. The minimum Gasteiger partial charge on any atom is -0.546 e. The van der Waals surface area contributed by atoms with E-state index in [1.54, 1.807) is 11.4 Å². The molecule has 0 radical (unpaired) electrons. The summed E-state index contributed by atoms with van der Waals surface area (Å²) in [7, 11) is 0. The minimum absolute atomic E-state index is 0. The number of nitrogens with two attached hydrogens (primary N) is 1. The van der Waals surface area contributed by atoms with Crippen molar-refractivity contribution < 1.29 is 53.8 Å². The number of ketones is 2. The quantitative estimate of drug-likeness (QED) is 0.223. The largest absolute Gasteiger partial charge is 1.00 e. The normalized spacial score (nSPS) is 14.8. The van der Waals surface area contributed by atoms with Crippen molar-refractivity contribution >= 4 is 28.7 Å². The number of fused-ring (bicyclic) bond motifs is 3. The zero-order valence-corrected chi connectivity index (χ0v) is 22.2. The molecule has 36 heavy (non-hydrogen) atoms. The Labute approximate surface area is 229 Å². The van der Waals surface area contributed by atoms with Crippen molar-refractivity contribution in [3.8, 4) is 16.9 Å². The van der Waals surface area contributed by atoms with Crippen LogP contribution in [0.4, 0.5) is 5.69 Å². The molecule has 0 saturated heterocycles. The summed E-state index contributed by atoms with van der Waals surface area (Å²) in [5.74, 6) is -3.99. The number of anilines is 1. The molecule has 176 valence electrons. The van der Waals surface area contributed by atoms with Crippen molar-refractivity contribution in [2.75, 3.05) is 5.73 Å². The van der Waals surface area contributed by atoms with E-state index in [0.29, 0.717) is 18.5 Å². The van der Waals surface area contributed by atoms with E-state index in [4.69, 9.17) is 10.5 Å². The third-order valence-electron chi connectivity index (χ3n) is 6.40. The molecule has 0 saturated carbocycles. The maximum atomic E-state index is 12.8. The maximum absolute atomic E-state index is 12.8. The summed E-state index contributed by atoms with van der Waals surface area (Å²) < 4.78 is 7.14. The molecule has 1 atom stereocenters. The summed E-state index contributed by atoms with van der Waals surface area (Å²) in [5, 5.41) is 16.1. The predicted octanol–water partition coefficient (Wildman–Crippen LogP) is -0.688. The first-order valence-corrected chi connectivity index (χ1v) is 11.2. The number of nitrogens with zero attached hydrogens (tertiary/aromatic N) is 2. The van der Waals surface area contributed by atoms with Crippen molar-refractivity contribution in [3.63, 3.8) is 0 Å². The Morgan fingerprint density at radius 2 is 1.78 bits per heavy atom. The number of ether oxygens (including phenoxy) is 1. The van der Waals surface area contributed by atoms with Gasteiger partial charge in [-0.3, -0.25) is 9.59 Å². The number of nitrogen functional groups attached to an aromatic ring is 1. The SMILES string of the molecule is CCc1c(N)c2c3c(c(C)nn2c1Cc1ccccc1-c1ccccc1)C(=O)C(=O)C(C(=O)[O-])O3.[Na+]. The molecule has 0 aliphatic carbocycles. The van der Waals surface area contributed by atoms with Gasteiger partial charge >= 0.3 is 29.6 Å². The van der Waals surface area contributed by atoms with Gasteiger partial charge in [0.1, 0.15) is 5.52 Å². The molecule has 0 bridgehead atoms. The van der Waals surface area contributed by atoms with Crippen LogP contribution in [0.5, 0.6) is 5.75 Å². The van der Waals surface area contributed by atoms with E-state index in [2.05, 4.69) is 5.10 Å². The van der Waals surface area contributed by atoms with E-state index in [1.165, 1.54) is 0 Å². The number of carboxylic acids is 1. The molecule has 0 spiro atoms. The summed E-state index contributed by atoms with van der Waals surface area (Å²) in [6, 6.07) is 18.0. The van der Waals surface area contributed by atoms with Gasteiger partial charge in [-0.05, 0) is 35.6 Å². The van der Waals surface area contributed by atoms with Gasteiger partial charge in [-0.25, -0.2) is 4.52 Å². The van der Waals surface area contributed by atoms with Gasteiger partial charge < -0.3 is 20.4 Å². The van der Waals surface area contributed by atoms with E-state index in [9.17, 15) is 19.5 Å². The predicted molar refractivity (Wildman–Crippen MR) is 127 cm³/mol. The van der Waals surface area contributed by atoms with Gasteiger partial charge in [0.15, 0.2) is 5.75 Å². The Morgan fingerprint density at radius 3 is 2.44 bits per heavy atom. The summed E-state index contributed by atoms with van der Waals surface area (Å²) in [6.45, 7) is 3.53. The molecule has 4 aromatic rings. The van der Waals surface area contributed by atoms with Gasteiger partial charge in [0, 0.05) is 6.42 Å². The molecule has 0 fully saturated rings. The molecule has 3 heterocycles. The van der Waals surface area contributed by atoms with E-state index < -0.39 is 23.6 Å². The molecule has 1 aliphatic rings. The first-order chi connectivity index (χ1) is 16.8. The molecule has 9 heteroatoms. The van der Waals surface area contributed by atoms with Crippen LogP contribution in [-0.2, 0) is 22.4 Å². The minimum atomic E-state index is -2.03. The monoisotopic (exact) mass is 491 g/mol. The first kappa shape index (κ1) is 25.6. The van der Waals surface area contributed by atoms with Crippen molar-refractivity contribution in [3.05, 3.63) is 82.7 Å². The molecule has 1 aliphatic heterocycles. The zero-order chi connectivity index (χ0) is 24.9. The number of aryl methyl sites for hydroxylation is 1. The number of hydrogen-bond donors (Lipinski definition) is 1. The summed E-state index contributed by atoms with van der Waals surface area (Å²) in [5.41, 5.74) is 12.1. The van der Waals surface area contributed by atoms with E-state index in [1.807, 2.05) is 61.5 Å². The van der Waals surface area contributed by atoms with Crippen molar-refractivity contribution in [1.29, 1.82) is 0 Å². The summed E-state index contributed by atoms with van der Waals surface area (Å²) in [6.07, 6.45) is -0.973. The van der Waals surface area contributed by atoms with Crippen molar-refractivity contribution in [2.45, 2.75) is 32.8 Å². The topological polar surface area (TPSA) is 127 Å². The Hall–Kier alpha value is -3.46. The van der Waals surface area contributed by atoms with Gasteiger partial charge in [0.25, 0.3) is 0 Å². The van der Waals surface area contributed by atoms with Gasteiger partial charge in [-0.15, -0.1) is 0 Å². The molecular weight excluding hydrogens is 469 g/mol. The smallest absolute Gasteiger partial charge is 0.546 e. The van der Waals surface area contributed by atoms with Gasteiger partial charge in [0.05, 0.1) is 28.6 Å². The van der Waals surface area contributed by atoms with Crippen LogP contribution in [0.15, 0.2) is 54.6 Å². The Balaban J connectivity index is 0.00000304. The number of carboxylic acid groups (broad SMARTS) is 1. The first-order valence-electron chi connectivity index (χ1n) is 11.2. The van der Waals surface area contributed by atoms with E-state index in [-0.39, 0.29) is 52.1 Å². The zero-order valence-electron chi connectivity index (χ0n) is 20.2. The molecule has 2 N–H and O–H groups in total. The maximum Gasteiger partial charge on any atom is 1.00 e. The van der Waals surface area contributed by atoms with E-state index >= 15 is 0 Å². The van der Waals surface area contributed by atoms with Crippen LogP contribution in [-0.4, -0.2) is 33.3 Å². The van der Waals surface area contributed by atoms with Crippen LogP contribution >= 0.6 is 0 Å². The number of benzene rings is 2. The van der Waals surface area contributed by atoms with E-state index in [0.717, 1.165) is 27.9 Å².